The van der Waals surface area contributed by atoms with E-state index in [2.05, 4.69) is 10.1 Å². The molecular weight excluding hydrogens is 449 g/mol. The number of aromatic nitrogens is 3. The molecule has 0 aliphatic heterocycles. The van der Waals surface area contributed by atoms with Crippen molar-refractivity contribution in [2.75, 3.05) is 0 Å². The molecule has 1 aliphatic carbocycles. The van der Waals surface area contributed by atoms with E-state index in [9.17, 15) is 18.0 Å². The molecule has 0 unspecified atom stereocenters. The Balaban J connectivity index is 1.51. The van der Waals surface area contributed by atoms with Gasteiger partial charge in [-0.1, -0.05) is 24.3 Å². The molecule has 1 amide bonds. The zero-order chi connectivity index (χ0) is 23.2. The Morgan fingerprint density at radius 1 is 1.21 bits per heavy atom. The van der Waals surface area contributed by atoms with Crippen LogP contribution in [-0.2, 0) is 19.3 Å². The van der Waals surface area contributed by atoms with Crippen LogP contribution in [0.4, 0.5) is 13.2 Å². The van der Waals surface area contributed by atoms with Crippen LogP contribution in [0.1, 0.15) is 44.9 Å². The third kappa shape index (κ3) is 4.37. The molecule has 0 saturated heterocycles. The van der Waals surface area contributed by atoms with Crippen molar-refractivity contribution in [2.24, 2.45) is 0 Å². The van der Waals surface area contributed by atoms with Gasteiger partial charge in [0.15, 0.2) is 5.65 Å². The Labute approximate surface area is 192 Å². The Kier molecular flexibility index (Phi) is 5.44. The highest BCUT2D eigenvalue weighted by Gasteiger charge is 2.37. The summed E-state index contributed by atoms with van der Waals surface area (Å²) in [5.74, 6) is -0.291. The number of pyridine rings is 1. The molecule has 4 aromatic rings. The van der Waals surface area contributed by atoms with E-state index in [4.69, 9.17) is 0 Å². The van der Waals surface area contributed by atoms with Crippen LogP contribution in [0.2, 0.25) is 0 Å². The average molecular weight is 471 g/mol. The van der Waals surface area contributed by atoms with Gasteiger partial charge in [-0.25, -0.2) is 9.67 Å². The summed E-state index contributed by atoms with van der Waals surface area (Å²) in [4.78, 5) is 20.9. The maximum absolute atomic E-state index is 13.7. The zero-order valence-corrected chi connectivity index (χ0v) is 18.7. The van der Waals surface area contributed by atoms with Crippen molar-refractivity contribution in [3.63, 3.8) is 0 Å². The second-order valence-electron chi connectivity index (χ2n) is 8.25. The predicted octanol–water partition coefficient (Wildman–Crippen LogP) is 5.67. The average Bonchev–Trinajstić information content (AvgIpc) is 3.35. The molecule has 170 valence electrons. The summed E-state index contributed by atoms with van der Waals surface area (Å²) in [6.07, 6.45) is -1.29. The van der Waals surface area contributed by atoms with Gasteiger partial charge in [0, 0.05) is 23.2 Å². The van der Waals surface area contributed by atoms with Crippen LogP contribution in [0.5, 0.6) is 0 Å². The van der Waals surface area contributed by atoms with Crippen LogP contribution in [-0.4, -0.2) is 31.6 Å². The van der Waals surface area contributed by atoms with E-state index in [0.717, 1.165) is 23.8 Å². The first-order valence-corrected chi connectivity index (χ1v) is 11.5. The zero-order valence-electron chi connectivity index (χ0n) is 17.8. The lowest BCUT2D eigenvalue weighted by atomic mass is 10.1. The lowest BCUT2D eigenvalue weighted by molar-refractivity contribution is -0.138. The molecule has 1 fully saturated rings. The summed E-state index contributed by atoms with van der Waals surface area (Å²) in [6, 6.07) is 11.1. The largest absolute Gasteiger partial charge is 0.416 e. The molecular formula is C24H21F3N4OS. The van der Waals surface area contributed by atoms with E-state index in [0.29, 0.717) is 28.8 Å². The van der Waals surface area contributed by atoms with Crippen LogP contribution in [0.15, 0.2) is 54.0 Å². The van der Waals surface area contributed by atoms with Crippen molar-refractivity contribution < 1.29 is 18.0 Å². The lowest BCUT2D eigenvalue weighted by Gasteiger charge is -2.25. The number of hydrogen-bond donors (Lipinski definition) is 0. The summed E-state index contributed by atoms with van der Waals surface area (Å²) in [5, 5.41) is 7.04. The standard InChI is InChI=1S/C24H21F3N4OS/c1-15-11-19(20-12-28-31(22(20)29-15)14-18-6-4-10-33-18)23(32)30(17-8-9-17)13-16-5-2-3-7-21(16)24(25,26)27/h2-7,10-12,17H,8-9,13-14H2,1H3. The second-order valence-corrected chi connectivity index (χ2v) is 9.28. The van der Waals surface area contributed by atoms with Gasteiger partial charge in [0.1, 0.15) is 0 Å². The number of amides is 1. The molecule has 9 heteroatoms. The molecule has 0 atom stereocenters. The SMILES string of the molecule is Cc1cc(C(=O)N(Cc2ccccc2C(F)(F)F)C2CC2)c2cnn(Cc3cccs3)c2n1. The molecule has 0 bridgehead atoms. The van der Waals surface area contributed by atoms with Crippen molar-refractivity contribution in [3.05, 3.63) is 81.3 Å². The first-order valence-electron chi connectivity index (χ1n) is 10.6. The summed E-state index contributed by atoms with van der Waals surface area (Å²) < 4.78 is 42.4. The van der Waals surface area contributed by atoms with Gasteiger partial charge in [-0.15, -0.1) is 11.3 Å². The Hall–Kier alpha value is -3.20. The number of nitrogens with zero attached hydrogens (tertiary/aromatic N) is 4. The van der Waals surface area contributed by atoms with E-state index < -0.39 is 11.7 Å². The van der Waals surface area contributed by atoms with Crippen molar-refractivity contribution >= 4 is 28.3 Å². The number of halogens is 3. The van der Waals surface area contributed by atoms with Crippen LogP contribution in [0.3, 0.4) is 0 Å². The van der Waals surface area contributed by atoms with E-state index in [1.807, 2.05) is 17.5 Å². The minimum atomic E-state index is -4.47. The highest BCUT2D eigenvalue weighted by molar-refractivity contribution is 7.09. The molecule has 1 aromatic carbocycles. The smallest absolute Gasteiger partial charge is 0.331 e. The van der Waals surface area contributed by atoms with Gasteiger partial charge < -0.3 is 4.90 Å². The van der Waals surface area contributed by atoms with Crippen molar-refractivity contribution in [2.45, 2.75) is 45.1 Å². The predicted molar refractivity (Wildman–Crippen MR) is 120 cm³/mol. The molecule has 1 saturated carbocycles. The molecule has 1 aliphatic rings. The van der Waals surface area contributed by atoms with Gasteiger partial charge in [0.2, 0.25) is 0 Å². The van der Waals surface area contributed by atoms with Gasteiger partial charge in [0.05, 0.1) is 29.3 Å². The number of carbonyl (C=O) groups is 1. The molecule has 33 heavy (non-hydrogen) atoms. The van der Waals surface area contributed by atoms with Gasteiger partial charge in [-0.2, -0.15) is 18.3 Å². The molecule has 0 radical (unpaired) electrons. The van der Waals surface area contributed by atoms with Crippen molar-refractivity contribution in [1.29, 1.82) is 0 Å². The minimum Gasteiger partial charge on any atom is -0.331 e. The number of benzene rings is 1. The number of aryl methyl sites for hydroxylation is 1. The Bertz CT molecular complexity index is 1310. The number of fused-ring (bicyclic) bond motifs is 1. The van der Waals surface area contributed by atoms with Gasteiger partial charge in [0.25, 0.3) is 5.91 Å². The summed E-state index contributed by atoms with van der Waals surface area (Å²) in [7, 11) is 0. The molecule has 0 N–H and O–H groups in total. The van der Waals surface area contributed by atoms with E-state index in [-0.39, 0.29) is 24.1 Å². The maximum atomic E-state index is 13.7. The van der Waals surface area contributed by atoms with Crippen molar-refractivity contribution in [1.82, 2.24) is 19.7 Å². The fourth-order valence-electron chi connectivity index (χ4n) is 4.04. The third-order valence-corrected chi connectivity index (χ3v) is 6.63. The maximum Gasteiger partial charge on any atom is 0.416 e. The van der Waals surface area contributed by atoms with E-state index >= 15 is 0 Å². The number of carbonyl (C=O) groups excluding carboxylic acids is 1. The Morgan fingerprint density at radius 2 is 2.00 bits per heavy atom. The molecule has 3 heterocycles. The molecule has 3 aromatic heterocycles. The van der Waals surface area contributed by atoms with Crippen LogP contribution >= 0.6 is 11.3 Å². The number of thiophene rings is 1. The van der Waals surface area contributed by atoms with Crippen LogP contribution in [0.25, 0.3) is 11.0 Å². The summed E-state index contributed by atoms with van der Waals surface area (Å²) in [6.45, 7) is 2.25. The van der Waals surface area contributed by atoms with E-state index in [1.54, 1.807) is 46.2 Å². The second kappa shape index (κ2) is 8.30. The van der Waals surface area contributed by atoms with Gasteiger partial charge in [-0.3, -0.25) is 4.79 Å². The fourth-order valence-corrected chi connectivity index (χ4v) is 4.73. The molecule has 5 nitrogen and oxygen atoms in total. The number of rotatable bonds is 6. The highest BCUT2D eigenvalue weighted by Crippen LogP contribution is 2.36. The Morgan fingerprint density at radius 3 is 2.70 bits per heavy atom. The van der Waals surface area contributed by atoms with Crippen LogP contribution < -0.4 is 0 Å². The normalized spacial score (nSPS) is 14.1. The minimum absolute atomic E-state index is 0.0662. The third-order valence-electron chi connectivity index (χ3n) is 5.77. The number of hydrogen-bond acceptors (Lipinski definition) is 4. The number of alkyl halides is 3. The molecule has 0 spiro atoms. The first-order chi connectivity index (χ1) is 15.8. The topological polar surface area (TPSA) is 51.0 Å². The van der Waals surface area contributed by atoms with Crippen molar-refractivity contribution in [3.8, 4) is 0 Å². The summed E-state index contributed by atoms with van der Waals surface area (Å²) in [5.41, 5.74) is 1.07. The fraction of sp³-hybridized carbons (Fsp3) is 0.292. The van der Waals surface area contributed by atoms with Gasteiger partial charge in [-0.05, 0) is 48.9 Å². The van der Waals surface area contributed by atoms with Gasteiger partial charge >= 0.3 is 6.18 Å². The lowest BCUT2D eigenvalue weighted by Crippen LogP contribution is -2.33. The first kappa shape index (κ1) is 21.6. The summed E-state index contributed by atoms with van der Waals surface area (Å²) >= 11 is 1.61. The monoisotopic (exact) mass is 470 g/mol. The molecule has 5 rings (SSSR count). The van der Waals surface area contributed by atoms with E-state index in [1.165, 1.54) is 12.1 Å². The quantitative estimate of drug-likeness (QED) is 0.365. The van der Waals surface area contributed by atoms with Crippen LogP contribution in [0, 0.1) is 6.92 Å². The highest BCUT2D eigenvalue weighted by atomic mass is 32.1.